The predicted molar refractivity (Wildman–Crippen MR) is 111 cm³/mol. The van der Waals surface area contributed by atoms with E-state index in [1.165, 1.54) is 6.20 Å². The molecule has 0 atom stereocenters. The van der Waals surface area contributed by atoms with Crippen LogP contribution in [0.1, 0.15) is 62.3 Å². The summed E-state index contributed by atoms with van der Waals surface area (Å²) in [6.45, 7) is 16.7. The van der Waals surface area contributed by atoms with Crippen molar-refractivity contribution in [2.75, 3.05) is 0 Å². The van der Waals surface area contributed by atoms with Crippen LogP contribution in [0.4, 0.5) is 0 Å². The zero-order valence-electron chi connectivity index (χ0n) is 17.6. The van der Waals surface area contributed by atoms with Crippen molar-refractivity contribution in [3.05, 3.63) is 47.5 Å². The topological polar surface area (TPSA) is 59.0 Å². The molecule has 1 aliphatic heterocycles. The van der Waals surface area contributed by atoms with Crippen LogP contribution in [0.5, 0.6) is 0 Å². The molecule has 0 aliphatic carbocycles. The summed E-state index contributed by atoms with van der Waals surface area (Å²) in [6.07, 6.45) is 3.22. The molecule has 0 saturated heterocycles. The van der Waals surface area contributed by atoms with Gasteiger partial charge in [0.05, 0.1) is 17.3 Å². The smallest absolute Gasteiger partial charge is 0.265 e. The Hall–Kier alpha value is -2.21. The average molecular weight is 387 g/mol. The number of rotatable bonds is 4. The SMILES string of the molecule is CC(C)(C)/C=N/C(=C/N1C(=O)c2ccccc2C1=O)O[Si](C)(C)C(C)(C)C. The van der Waals surface area contributed by atoms with Gasteiger partial charge in [0.25, 0.3) is 20.1 Å². The van der Waals surface area contributed by atoms with Crippen molar-refractivity contribution in [2.45, 2.75) is 59.7 Å². The zero-order valence-corrected chi connectivity index (χ0v) is 18.6. The fourth-order valence-corrected chi connectivity index (χ4v) is 3.13. The summed E-state index contributed by atoms with van der Waals surface area (Å²) in [5.74, 6) is -0.401. The van der Waals surface area contributed by atoms with Crippen LogP contribution in [0.15, 0.2) is 41.3 Å². The Morgan fingerprint density at radius 1 is 1.00 bits per heavy atom. The Labute approximate surface area is 163 Å². The summed E-state index contributed by atoms with van der Waals surface area (Å²) in [5.41, 5.74) is 0.660. The molecule has 0 bridgehead atoms. The molecule has 6 heteroatoms. The Morgan fingerprint density at radius 3 is 1.89 bits per heavy atom. The number of carbonyl (C=O) groups excluding carboxylic acids is 2. The van der Waals surface area contributed by atoms with Gasteiger partial charge in [-0.15, -0.1) is 0 Å². The minimum atomic E-state index is -2.19. The molecule has 27 heavy (non-hydrogen) atoms. The molecule has 1 heterocycles. The molecule has 1 aliphatic rings. The van der Waals surface area contributed by atoms with Gasteiger partial charge in [0.1, 0.15) is 0 Å². The standard InChI is InChI=1S/C21H30N2O3Si/c1-20(2,3)14-22-17(26-27(7,8)21(4,5)6)13-23-18(24)15-11-9-10-12-16(15)19(23)25/h9-14H,1-8H3/b17-13-,22-14+. The van der Waals surface area contributed by atoms with Crippen LogP contribution in [-0.4, -0.2) is 31.2 Å². The van der Waals surface area contributed by atoms with Crippen molar-refractivity contribution in [3.63, 3.8) is 0 Å². The number of carbonyl (C=O) groups is 2. The number of fused-ring (bicyclic) bond motifs is 1. The highest BCUT2D eigenvalue weighted by molar-refractivity contribution is 6.74. The Bertz CT molecular complexity index is 776. The van der Waals surface area contributed by atoms with E-state index in [9.17, 15) is 9.59 Å². The van der Waals surface area contributed by atoms with E-state index >= 15 is 0 Å². The number of hydrogen-bond donors (Lipinski definition) is 0. The summed E-state index contributed by atoms with van der Waals surface area (Å²) in [5, 5.41) is -0.0364. The van der Waals surface area contributed by atoms with E-state index < -0.39 is 8.32 Å². The Balaban J connectivity index is 2.44. The van der Waals surface area contributed by atoms with Gasteiger partial charge in [-0.05, 0) is 35.7 Å². The van der Waals surface area contributed by atoms with Gasteiger partial charge in [-0.1, -0.05) is 53.7 Å². The van der Waals surface area contributed by atoms with Gasteiger partial charge in [-0.25, -0.2) is 9.89 Å². The van der Waals surface area contributed by atoms with Crippen molar-refractivity contribution in [1.82, 2.24) is 4.90 Å². The minimum Gasteiger partial charge on any atom is -0.530 e. The molecule has 1 aromatic carbocycles. The molecule has 2 rings (SSSR count). The molecule has 0 unspecified atom stereocenters. The fraction of sp³-hybridized carbons (Fsp3) is 0.476. The lowest BCUT2D eigenvalue weighted by Crippen LogP contribution is -2.40. The van der Waals surface area contributed by atoms with E-state index in [1.807, 2.05) is 20.8 Å². The first kappa shape index (κ1) is 21.1. The largest absolute Gasteiger partial charge is 0.530 e. The van der Waals surface area contributed by atoms with Crippen LogP contribution in [-0.2, 0) is 4.43 Å². The van der Waals surface area contributed by atoms with Crippen LogP contribution in [0.25, 0.3) is 0 Å². The maximum atomic E-state index is 12.7. The van der Waals surface area contributed by atoms with E-state index in [1.54, 1.807) is 30.5 Å². The second-order valence-corrected chi connectivity index (χ2v) is 14.2. The van der Waals surface area contributed by atoms with Crippen molar-refractivity contribution in [1.29, 1.82) is 0 Å². The number of imide groups is 1. The van der Waals surface area contributed by atoms with Crippen LogP contribution < -0.4 is 0 Å². The van der Waals surface area contributed by atoms with Crippen LogP contribution in [0.3, 0.4) is 0 Å². The van der Waals surface area contributed by atoms with Gasteiger partial charge < -0.3 is 4.43 Å². The highest BCUT2D eigenvalue weighted by Gasteiger charge is 2.40. The molecular formula is C21H30N2O3Si. The Kier molecular flexibility index (Phi) is 5.53. The quantitative estimate of drug-likeness (QED) is 0.308. The van der Waals surface area contributed by atoms with Gasteiger partial charge in [-0.2, -0.15) is 0 Å². The number of hydrogen-bond acceptors (Lipinski definition) is 4. The summed E-state index contributed by atoms with van der Waals surface area (Å²) in [7, 11) is -2.19. The van der Waals surface area contributed by atoms with Gasteiger partial charge in [-0.3, -0.25) is 9.59 Å². The molecule has 0 N–H and O–H groups in total. The lowest BCUT2D eigenvalue weighted by molar-refractivity contribution is 0.0716. The third-order valence-corrected chi connectivity index (χ3v) is 9.14. The van der Waals surface area contributed by atoms with E-state index in [0.717, 1.165) is 4.90 Å². The van der Waals surface area contributed by atoms with E-state index in [2.05, 4.69) is 38.9 Å². The van der Waals surface area contributed by atoms with Crippen molar-refractivity contribution in [3.8, 4) is 0 Å². The number of amides is 2. The van der Waals surface area contributed by atoms with Gasteiger partial charge in [0.15, 0.2) is 0 Å². The van der Waals surface area contributed by atoms with Gasteiger partial charge in [0.2, 0.25) is 5.88 Å². The zero-order chi connectivity index (χ0) is 20.6. The second-order valence-electron chi connectivity index (χ2n) is 9.48. The number of nitrogens with zero attached hydrogens (tertiary/aromatic N) is 2. The Morgan fingerprint density at radius 2 is 1.48 bits per heavy atom. The van der Waals surface area contributed by atoms with Crippen molar-refractivity contribution >= 4 is 26.3 Å². The first-order valence-corrected chi connectivity index (χ1v) is 12.1. The van der Waals surface area contributed by atoms with Crippen LogP contribution in [0.2, 0.25) is 18.1 Å². The monoisotopic (exact) mass is 386 g/mol. The van der Waals surface area contributed by atoms with Gasteiger partial charge >= 0.3 is 0 Å². The fourth-order valence-electron chi connectivity index (χ4n) is 2.19. The summed E-state index contributed by atoms with van der Waals surface area (Å²) in [4.78, 5) is 30.9. The van der Waals surface area contributed by atoms with Crippen molar-refractivity contribution < 1.29 is 14.0 Å². The molecule has 0 saturated carbocycles. The van der Waals surface area contributed by atoms with Gasteiger partial charge in [0, 0.05) is 6.21 Å². The lowest BCUT2D eigenvalue weighted by atomic mass is 9.99. The highest BCUT2D eigenvalue weighted by atomic mass is 28.4. The van der Waals surface area contributed by atoms with E-state index in [4.69, 9.17) is 4.43 Å². The molecule has 0 aromatic heterocycles. The maximum Gasteiger partial charge on any atom is 0.265 e. The third-order valence-electron chi connectivity index (χ3n) is 4.81. The number of aliphatic imine (C=N–C) groups is 1. The second kappa shape index (κ2) is 7.07. The number of benzene rings is 1. The molecule has 0 fully saturated rings. The molecule has 146 valence electrons. The molecular weight excluding hydrogens is 356 g/mol. The first-order chi connectivity index (χ1) is 12.2. The molecule has 2 amide bonds. The average Bonchev–Trinajstić information content (AvgIpc) is 2.76. The van der Waals surface area contributed by atoms with Crippen LogP contribution >= 0.6 is 0 Å². The minimum absolute atomic E-state index is 0.0364. The normalized spacial score (nSPS) is 16.3. The van der Waals surface area contributed by atoms with Crippen molar-refractivity contribution in [2.24, 2.45) is 10.4 Å². The van der Waals surface area contributed by atoms with Crippen LogP contribution in [0, 0.1) is 5.41 Å². The summed E-state index contributed by atoms with van der Waals surface area (Å²) < 4.78 is 6.31. The predicted octanol–water partition coefficient (Wildman–Crippen LogP) is 5.22. The molecule has 0 spiro atoms. The summed E-state index contributed by atoms with van der Waals surface area (Å²) >= 11 is 0. The highest BCUT2D eigenvalue weighted by Crippen LogP contribution is 2.38. The van der Waals surface area contributed by atoms with E-state index in [0.29, 0.717) is 17.0 Å². The lowest BCUT2D eigenvalue weighted by Gasteiger charge is -2.36. The van der Waals surface area contributed by atoms with E-state index in [-0.39, 0.29) is 22.3 Å². The molecule has 0 radical (unpaired) electrons. The molecule has 5 nitrogen and oxygen atoms in total. The maximum absolute atomic E-state index is 12.7. The third kappa shape index (κ3) is 4.74. The summed E-state index contributed by atoms with van der Waals surface area (Å²) in [6, 6.07) is 6.83. The first-order valence-electron chi connectivity index (χ1n) is 9.16. The molecule has 1 aromatic rings.